The molecule has 4 aliphatic rings. The van der Waals surface area contributed by atoms with Crippen LogP contribution < -0.4 is 5.32 Å². The highest BCUT2D eigenvalue weighted by Crippen LogP contribution is 2.60. The molecule has 0 unspecified atom stereocenters. The Labute approximate surface area is 177 Å². The maximum Gasteiger partial charge on any atom is 0.226 e. The van der Waals surface area contributed by atoms with Crippen molar-refractivity contribution in [1.29, 1.82) is 0 Å². The Hall–Kier alpha value is -1.82. The van der Waals surface area contributed by atoms with Crippen LogP contribution in [0.2, 0.25) is 0 Å². The first-order chi connectivity index (χ1) is 14.1. The van der Waals surface area contributed by atoms with Crippen molar-refractivity contribution in [3.05, 3.63) is 41.7 Å². The van der Waals surface area contributed by atoms with Crippen molar-refractivity contribution in [2.45, 2.75) is 63.2 Å². The Morgan fingerprint density at radius 1 is 1.10 bits per heavy atom. The topological polar surface area (TPSA) is 59.8 Å². The van der Waals surface area contributed by atoms with E-state index < -0.39 is 0 Å². The van der Waals surface area contributed by atoms with Gasteiger partial charge in [-0.2, -0.15) is 0 Å². The minimum absolute atomic E-state index is 0.105. The molecular formula is C23H30N4OS. The van der Waals surface area contributed by atoms with Gasteiger partial charge in [0, 0.05) is 12.0 Å². The minimum atomic E-state index is -0.105. The van der Waals surface area contributed by atoms with Crippen molar-refractivity contribution in [3.8, 4) is 0 Å². The van der Waals surface area contributed by atoms with E-state index in [9.17, 15) is 4.79 Å². The van der Waals surface area contributed by atoms with Gasteiger partial charge in [-0.1, -0.05) is 42.1 Å². The normalized spacial score (nSPS) is 29.9. The summed E-state index contributed by atoms with van der Waals surface area (Å²) in [6.45, 7) is 1.30. The molecule has 1 amide bonds. The van der Waals surface area contributed by atoms with Gasteiger partial charge in [0.15, 0.2) is 11.0 Å². The molecule has 1 aromatic heterocycles. The van der Waals surface area contributed by atoms with Crippen LogP contribution in [0.15, 0.2) is 35.5 Å². The highest BCUT2D eigenvalue weighted by Gasteiger charge is 2.54. The lowest BCUT2D eigenvalue weighted by Crippen LogP contribution is -2.53. The zero-order chi connectivity index (χ0) is 19.8. The fourth-order valence-electron chi connectivity index (χ4n) is 6.45. The summed E-state index contributed by atoms with van der Waals surface area (Å²) in [6.07, 6.45) is 10.3. The van der Waals surface area contributed by atoms with E-state index >= 15 is 0 Å². The van der Waals surface area contributed by atoms with Crippen LogP contribution in [0, 0.1) is 23.2 Å². The van der Waals surface area contributed by atoms with Gasteiger partial charge >= 0.3 is 0 Å². The second-order valence-corrected chi connectivity index (χ2v) is 10.1. The number of hydrogen-bond acceptors (Lipinski definition) is 4. The highest BCUT2D eigenvalue weighted by atomic mass is 32.2. The molecule has 6 rings (SSSR count). The lowest BCUT2D eigenvalue weighted by atomic mass is 9.49. The first-order valence-electron chi connectivity index (χ1n) is 10.9. The average Bonchev–Trinajstić information content (AvgIpc) is 3.12. The number of thioether (sulfide) groups is 1. The van der Waals surface area contributed by atoms with Crippen molar-refractivity contribution in [2.24, 2.45) is 23.2 Å². The summed E-state index contributed by atoms with van der Waals surface area (Å²) in [4.78, 5) is 13.3. The summed E-state index contributed by atoms with van der Waals surface area (Å²) >= 11 is 1.61. The maximum atomic E-state index is 13.3. The van der Waals surface area contributed by atoms with Gasteiger partial charge in [-0.15, -0.1) is 10.2 Å². The monoisotopic (exact) mass is 410 g/mol. The zero-order valence-electron chi connectivity index (χ0n) is 17.1. The standard InChI is InChI=1S/C23H30N4OS/c1-29-22-26-25-20(27(22)8-7-16-5-3-2-4-6-16)15-24-21(28)23-12-17-9-18(13-23)11-19(10-17)14-23/h2-6,17-19H,7-15H2,1H3,(H,24,28). The van der Waals surface area contributed by atoms with Crippen LogP contribution in [0.3, 0.4) is 0 Å². The number of nitrogens with one attached hydrogen (secondary N) is 1. The molecule has 4 fully saturated rings. The molecule has 0 spiro atoms. The molecule has 29 heavy (non-hydrogen) atoms. The molecule has 1 heterocycles. The SMILES string of the molecule is CSc1nnc(CNC(=O)C23CC4CC(CC(C4)C2)C3)n1CCc1ccccc1. The van der Waals surface area contributed by atoms with Gasteiger partial charge in [-0.25, -0.2) is 0 Å². The van der Waals surface area contributed by atoms with Gasteiger partial charge < -0.3 is 9.88 Å². The summed E-state index contributed by atoms with van der Waals surface area (Å²) in [7, 11) is 0. The molecule has 4 aliphatic carbocycles. The number of aromatic nitrogens is 3. The first kappa shape index (κ1) is 19.2. The Balaban J connectivity index is 1.26. The largest absolute Gasteiger partial charge is 0.348 e. The third-order valence-corrected chi connectivity index (χ3v) is 8.04. The van der Waals surface area contributed by atoms with E-state index in [1.54, 1.807) is 11.8 Å². The molecule has 4 saturated carbocycles. The third-order valence-electron chi connectivity index (χ3n) is 7.37. The summed E-state index contributed by atoms with van der Waals surface area (Å²) < 4.78 is 2.16. The molecule has 0 atom stereocenters. The Morgan fingerprint density at radius 3 is 2.38 bits per heavy atom. The quantitative estimate of drug-likeness (QED) is 0.699. The molecule has 154 valence electrons. The molecule has 0 radical (unpaired) electrons. The molecule has 0 aliphatic heterocycles. The van der Waals surface area contributed by atoms with Crippen molar-refractivity contribution in [2.75, 3.05) is 6.26 Å². The summed E-state index contributed by atoms with van der Waals surface area (Å²) in [5, 5.41) is 12.9. The van der Waals surface area contributed by atoms with E-state index in [0.29, 0.717) is 6.54 Å². The average molecular weight is 411 g/mol. The number of carbonyl (C=O) groups is 1. The van der Waals surface area contributed by atoms with Gasteiger partial charge in [-0.3, -0.25) is 4.79 Å². The first-order valence-corrected chi connectivity index (χ1v) is 12.2. The van der Waals surface area contributed by atoms with Crippen molar-refractivity contribution in [3.63, 3.8) is 0 Å². The smallest absolute Gasteiger partial charge is 0.226 e. The van der Waals surface area contributed by atoms with Crippen LogP contribution in [-0.4, -0.2) is 26.9 Å². The molecule has 2 aromatic rings. The van der Waals surface area contributed by atoms with E-state index in [2.05, 4.69) is 44.3 Å². The molecule has 1 N–H and O–H groups in total. The van der Waals surface area contributed by atoms with Gasteiger partial charge in [0.2, 0.25) is 5.91 Å². The maximum absolute atomic E-state index is 13.3. The van der Waals surface area contributed by atoms with E-state index in [1.807, 2.05) is 12.3 Å². The second kappa shape index (κ2) is 7.78. The van der Waals surface area contributed by atoms with E-state index in [1.165, 1.54) is 24.8 Å². The highest BCUT2D eigenvalue weighted by molar-refractivity contribution is 7.98. The fraction of sp³-hybridized carbons (Fsp3) is 0.609. The molecule has 5 nitrogen and oxygen atoms in total. The zero-order valence-corrected chi connectivity index (χ0v) is 18.0. The summed E-state index contributed by atoms with van der Waals surface area (Å²) in [5.74, 6) is 3.47. The molecule has 0 saturated heterocycles. The van der Waals surface area contributed by atoms with Crippen molar-refractivity contribution < 1.29 is 4.79 Å². The van der Waals surface area contributed by atoms with Crippen molar-refractivity contribution >= 4 is 17.7 Å². The van der Waals surface area contributed by atoms with Crippen LogP contribution in [0.1, 0.15) is 49.9 Å². The summed E-state index contributed by atoms with van der Waals surface area (Å²) in [5.41, 5.74) is 1.20. The van der Waals surface area contributed by atoms with Crippen LogP contribution in [-0.2, 0) is 24.3 Å². The van der Waals surface area contributed by atoms with Crippen LogP contribution in [0.5, 0.6) is 0 Å². The van der Waals surface area contributed by atoms with Gasteiger partial charge in [0.1, 0.15) is 0 Å². The summed E-state index contributed by atoms with van der Waals surface area (Å²) in [6, 6.07) is 10.5. The molecule has 4 bridgehead atoms. The lowest BCUT2D eigenvalue weighted by Gasteiger charge is -2.55. The van der Waals surface area contributed by atoms with E-state index in [0.717, 1.165) is 61.0 Å². The second-order valence-electron chi connectivity index (χ2n) is 9.37. The number of rotatable bonds is 7. The van der Waals surface area contributed by atoms with Gasteiger partial charge in [0.25, 0.3) is 0 Å². The number of aryl methyl sites for hydroxylation is 1. The minimum Gasteiger partial charge on any atom is -0.348 e. The lowest BCUT2D eigenvalue weighted by molar-refractivity contribution is -0.146. The Kier molecular flexibility index (Phi) is 5.14. The fourth-order valence-corrected chi connectivity index (χ4v) is 6.99. The van der Waals surface area contributed by atoms with Crippen LogP contribution in [0.4, 0.5) is 0 Å². The molecule has 1 aromatic carbocycles. The van der Waals surface area contributed by atoms with Gasteiger partial charge in [-0.05, 0) is 74.5 Å². The number of nitrogens with zero attached hydrogens (tertiary/aromatic N) is 3. The number of benzene rings is 1. The molecule has 6 heteroatoms. The van der Waals surface area contributed by atoms with Crippen LogP contribution >= 0.6 is 11.8 Å². The number of amides is 1. The Bertz CT molecular complexity index is 843. The predicted octanol–water partition coefficient (Wildman–Crippen LogP) is 4.08. The Morgan fingerprint density at radius 2 is 1.76 bits per heavy atom. The van der Waals surface area contributed by atoms with Crippen molar-refractivity contribution in [1.82, 2.24) is 20.1 Å². The number of hydrogen-bond donors (Lipinski definition) is 1. The van der Waals surface area contributed by atoms with Gasteiger partial charge in [0.05, 0.1) is 6.54 Å². The number of carbonyl (C=O) groups excluding carboxylic acids is 1. The third kappa shape index (κ3) is 3.72. The van der Waals surface area contributed by atoms with Crippen LogP contribution in [0.25, 0.3) is 0 Å². The van der Waals surface area contributed by atoms with E-state index in [4.69, 9.17) is 0 Å². The molecular weight excluding hydrogens is 380 g/mol. The van der Waals surface area contributed by atoms with E-state index in [-0.39, 0.29) is 11.3 Å². The predicted molar refractivity (Wildman–Crippen MR) is 114 cm³/mol.